The summed E-state index contributed by atoms with van der Waals surface area (Å²) in [5.74, 6) is 0.490. The molecule has 2 fully saturated rings. The molecular formula is C25H27F3N4O2. The predicted octanol–water partition coefficient (Wildman–Crippen LogP) is 5.70. The molecule has 1 saturated carbocycles. The van der Waals surface area contributed by atoms with E-state index in [1.165, 1.54) is 6.08 Å². The zero-order valence-electron chi connectivity index (χ0n) is 18.7. The van der Waals surface area contributed by atoms with Gasteiger partial charge < -0.3 is 15.0 Å². The molecule has 0 atom stereocenters. The Balaban J connectivity index is 1.25. The van der Waals surface area contributed by atoms with E-state index in [1.807, 2.05) is 12.1 Å². The number of halogens is 3. The number of aromatic nitrogens is 3. The molecular weight excluding hydrogens is 445 g/mol. The first-order chi connectivity index (χ1) is 16.2. The standard InChI is InChI=1S/C25H27F3N4O2/c26-25(27,28)18-2-1-3-19-20(14-18)31-22(30-19)17-4-5-21(29-15-17)32-12-10-24(11-13-32)8-6-16(7-9-24)23(33)34/h1,3-5,14-16H,2,6-13H2,(H,30,31)(H,33,34). The molecule has 3 heterocycles. The molecule has 0 amide bonds. The smallest absolute Gasteiger partial charge is 0.413 e. The molecule has 9 heteroatoms. The highest BCUT2D eigenvalue weighted by Gasteiger charge is 2.40. The molecule has 0 unspecified atom stereocenters. The Morgan fingerprint density at radius 2 is 1.88 bits per heavy atom. The Hall–Kier alpha value is -3.10. The summed E-state index contributed by atoms with van der Waals surface area (Å²) < 4.78 is 39.5. The van der Waals surface area contributed by atoms with Crippen molar-refractivity contribution in [3.63, 3.8) is 0 Å². The van der Waals surface area contributed by atoms with Crippen molar-refractivity contribution in [2.45, 2.75) is 51.1 Å². The minimum Gasteiger partial charge on any atom is -0.481 e. The third-order valence-electron chi connectivity index (χ3n) is 7.62. The Kier molecular flexibility index (Phi) is 5.73. The molecule has 6 nitrogen and oxygen atoms in total. The topological polar surface area (TPSA) is 82.1 Å². The number of rotatable bonds is 3. The van der Waals surface area contributed by atoms with Gasteiger partial charge in [-0.1, -0.05) is 6.08 Å². The monoisotopic (exact) mass is 472 g/mol. The fourth-order valence-electron chi connectivity index (χ4n) is 5.40. The summed E-state index contributed by atoms with van der Waals surface area (Å²) >= 11 is 0. The Bertz CT molecular complexity index is 1120. The third-order valence-corrected chi connectivity index (χ3v) is 7.62. The molecule has 3 aliphatic rings. The van der Waals surface area contributed by atoms with Gasteiger partial charge in [-0.25, -0.2) is 9.97 Å². The zero-order valence-corrected chi connectivity index (χ0v) is 18.7. The number of nitrogens with one attached hydrogen (secondary N) is 1. The summed E-state index contributed by atoms with van der Waals surface area (Å²) in [6.07, 6.45) is 6.94. The number of anilines is 1. The molecule has 2 N–H and O–H groups in total. The number of allylic oxidation sites excluding steroid dienone is 2. The average Bonchev–Trinajstić information content (AvgIpc) is 3.10. The van der Waals surface area contributed by atoms with E-state index in [1.54, 1.807) is 12.3 Å². The van der Waals surface area contributed by atoms with Gasteiger partial charge in [0, 0.05) is 30.4 Å². The number of alkyl halides is 3. The molecule has 34 heavy (non-hydrogen) atoms. The predicted molar refractivity (Wildman–Crippen MR) is 123 cm³/mol. The highest BCUT2D eigenvalue weighted by atomic mass is 19.4. The molecule has 180 valence electrons. The number of carboxylic acids is 1. The number of carboxylic acid groups (broad SMARTS) is 1. The highest BCUT2D eigenvalue weighted by Crippen LogP contribution is 2.46. The lowest BCUT2D eigenvalue weighted by atomic mass is 9.65. The number of H-pyrrole nitrogens is 1. The van der Waals surface area contributed by atoms with Crippen LogP contribution in [0.1, 0.15) is 56.3 Å². The van der Waals surface area contributed by atoms with Crippen molar-refractivity contribution in [1.29, 1.82) is 0 Å². The Morgan fingerprint density at radius 1 is 1.15 bits per heavy atom. The average molecular weight is 473 g/mol. The summed E-state index contributed by atoms with van der Waals surface area (Å²) in [6, 6.07) is 3.82. The van der Waals surface area contributed by atoms with Crippen molar-refractivity contribution >= 4 is 23.9 Å². The number of pyridine rings is 1. The SMILES string of the molecule is O=C(O)C1CCC2(CC1)CCN(c1ccc(-c3nc4c([nH]3)C=C(C(F)(F)F)CC=C4)cn1)CC2. The minimum atomic E-state index is -4.37. The molecule has 5 rings (SSSR count). The van der Waals surface area contributed by atoms with Gasteiger partial charge in [-0.3, -0.25) is 4.79 Å². The molecule has 0 radical (unpaired) electrons. The third kappa shape index (κ3) is 4.48. The quantitative estimate of drug-likeness (QED) is 0.599. The summed E-state index contributed by atoms with van der Waals surface area (Å²) in [6.45, 7) is 1.77. The van der Waals surface area contributed by atoms with Gasteiger partial charge in [0.25, 0.3) is 0 Å². The van der Waals surface area contributed by atoms with E-state index in [-0.39, 0.29) is 17.8 Å². The number of imidazole rings is 1. The lowest BCUT2D eigenvalue weighted by Crippen LogP contribution is -2.42. The molecule has 0 bridgehead atoms. The van der Waals surface area contributed by atoms with Crippen LogP contribution < -0.4 is 4.90 Å². The fraction of sp³-hybridized carbons (Fsp3) is 0.480. The van der Waals surface area contributed by atoms with E-state index in [9.17, 15) is 23.1 Å². The summed E-state index contributed by atoms with van der Waals surface area (Å²) in [5, 5.41) is 9.25. The van der Waals surface area contributed by atoms with Gasteiger partial charge in [-0.2, -0.15) is 13.2 Å². The number of fused-ring (bicyclic) bond motifs is 1. The largest absolute Gasteiger partial charge is 0.481 e. The van der Waals surface area contributed by atoms with E-state index >= 15 is 0 Å². The minimum absolute atomic E-state index is 0.170. The number of piperidine rings is 1. The van der Waals surface area contributed by atoms with Gasteiger partial charge in [-0.05, 0) is 74.6 Å². The molecule has 2 aromatic heterocycles. The van der Waals surface area contributed by atoms with Crippen molar-refractivity contribution in [1.82, 2.24) is 15.0 Å². The van der Waals surface area contributed by atoms with E-state index in [0.29, 0.717) is 22.8 Å². The van der Waals surface area contributed by atoms with Crippen LogP contribution in [-0.2, 0) is 4.79 Å². The van der Waals surface area contributed by atoms with Crippen LogP contribution in [0.4, 0.5) is 19.0 Å². The van der Waals surface area contributed by atoms with Crippen LogP contribution in [-0.4, -0.2) is 45.3 Å². The first-order valence-corrected chi connectivity index (χ1v) is 11.7. The van der Waals surface area contributed by atoms with Gasteiger partial charge in [0.15, 0.2) is 0 Å². The summed E-state index contributed by atoms with van der Waals surface area (Å²) in [5.41, 5.74) is 1.19. The lowest BCUT2D eigenvalue weighted by molar-refractivity contribution is -0.143. The van der Waals surface area contributed by atoms with Crippen LogP contribution in [0.25, 0.3) is 23.5 Å². The maximum Gasteiger partial charge on any atom is 0.413 e. The Labute approximate surface area is 195 Å². The van der Waals surface area contributed by atoms with Gasteiger partial charge in [0.2, 0.25) is 0 Å². The second kappa shape index (κ2) is 8.60. The summed E-state index contributed by atoms with van der Waals surface area (Å²) in [4.78, 5) is 25.6. The van der Waals surface area contributed by atoms with E-state index < -0.39 is 17.7 Å². The molecule has 1 saturated heterocycles. The molecule has 1 aliphatic heterocycles. The van der Waals surface area contributed by atoms with Gasteiger partial charge in [-0.15, -0.1) is 0 Å². The van der Waals surface area contributed by atoms with Crippen molar-refractivity contribution in [3.05, 3.63) is 41.4 Å². The van der Waals surface area contributed by atoms with Gasteiger partial charge in [0.1, 0.15) is 11.6 Å². The zero-order chi connectivity index (χ0) is 23.9. The van der Waals surface area contributed by atoms with E-state index in [0.717, 1.165) is 63.5 Å². The summed E-state index contributed by atoms with van der Waals surface area (Å²) in [7, 11) is 0. The van der Waals surface area contributed by atoms with Crippen LogP contribution in [0.3, 0.4) is 0 Å². The molecule has 2 aliphatic carbocycles. The highest BCUT2D eigenvalue weighted by molar-refractivity contribution is 5.70. The number of carbonyl (C=O) groups is 1. The van der Waals surface area contributed by atoms with Crippen molar-refractivity contribution < 1.29 is 23.1 Å². The molecule has 2 aromatic rings. The van der Waals surface area contributed by atoms with E-state index in [4.69, 9.17) is 0 Å². The second-order valence-corrected chi connectivity index (χ2v) is 9.66. The van der Waals surface area contributed by atoms with Gasteiger partial charge in [0.05, 0.1) is 17.3 Å². The number of aromatic amines is 1. The van der Waals surface area contributed by atoms with E-state index in [2.05, 4.69) is 19.9 Å². The number of nitrogens with zero attached hydrogens (tertiary/aromatic N) is 3. The van der Waals surface area contributed by atoms with Crippen molar-refractivity contribution in [3.8, 4) is 11.4 Å². The first-order valence-electron chi connectivity index (χ1n) is 11.7. The van der Waals surface area contributed by atoms with Crippen LogP contribution in [0.15, 0.2) is 30.0 Å². The van der Waals surface area contributed by atoms with Crippen LogP contribution >= 0.6 is 0 Å². The van der Waals surface area contributed by atoms with Crippen LogP contribution in [0, 0.1) is 11.3 Å². The maximum atomic E-state index is 13.2. The molecule has 0 aromatic carbocycles. The normalized spacial score (nSPS) is 20.7. The molecule has 1 spiro atoms. The van der Waals surface area contributed by atoms with Crippen LogP contribution in [0.5, 0.6) is 0 Å². The van der Waals surface area contributed by atoms with Gasteiger partial charge >= 0.3 is 12.1 Å². The van der Waals surface area contributed by atoms with Crippen LogP contribution in [0.2, 0.25) is 0 Å². The van der Waals surface area contributed by atoms with Crippen molar-refractivity contribution in [2.75, 3.05) is 18.0 Å². The first kappa shape index (κ1) is 22.7. The second-order valence-electron chi connectivity index (χ2n) is 9.66. The van der Waals surface area contributed by atoms with Crippen molar-refractivity contribution in [2.24, 2.45) is 11.3 Å². The number of hydrogen-bond donors (Lipinski definition) is 2. The maximum absolute atomic E-state index is 13.2. The number of aliphatic carboxylic acids is 1. The Morgan fingerprint density at radius 3 is 2.50 bits per heavy atom. The fourth-order valence-corrected chi connectivity index (χ4v) is 5.40. The number of hydrogen-bond acceptors (Lipinski definition) is 4. The lowest BCUT2D eigenvalue weighted by Gasteiger charge is -2.45.